The van der Waals surface area contributed by atoms with E-state index in [2.05, 4.69) is 13.8 Å². The number of hydrogen-bond donors (Lipinski definition) is 0. The molecule has 2 heteroatoms. The first-order chi connectivity index (χ1) is 6.58. The Hall–Kier alpha value is -0.790. The summed E-state index contributed by atoms with van der Waals surface area (Å²) in [5.74, 6) is 0.195. The molecule has 0 radical (unpaired) electrons. The molecule has 0 spiro atoms. The molecule has 0 aromatic heterocycles. The predicted molar refractivity (Wildman–Crippen MR) is 61.2 cm³/mol. The molecule has 0 unspecified atom stereocenters. The van der Waals surface area contributed by atoms with E-state index in [0.717, 1.165) is 31.5 Å². The van der Waals surface area contributed by atoms with E-state index >= 15 is 0 Å². The van der Waals surface area contributed by atoms with Gasteiger partial charge in [0.15, 0.2) is 0 Å². The third-order valence-corrected chi connectivity index (χ3v) is 2.64. The molecule has 0 aliphatic rings. The Balaban J connectivity index is 4.58. The van der Waals surface area contributed by atoms with Crippen molar-refractivity contribution in [3.63, 3.8) is 0 Å². The minimum Gasteiger partial charge on any atom is -0.339 e. The van der Waals surface area contributed by atoms with Crippen LogP contribution in [0.5, 0.6) is 0 Å². The highest BCUT2D eigenvalue weighted by molar-refractivity contribution is 5.93. The summed E-state index contributed by atoms with van der Waals surface area (Å²) >= 11 is 0. The topological polar surface area (TPSA) is 20.3 Å². The first-order valence-electron chi connectivity index (χ1n) is 5.54. The molecule has 0 saturated carbocycles. The van der Waals surface area contributed by atoms with Crippen molar-refractivity contribution in [3.8, 4) is 0 Å². The van der Waals surface area contributed by atoms with Gasteiger partial charge in [-0.1, -0.05) is 18.9 Å². The van der Waals surface area contributed by atoms with Gasteiger partial charge in [-0.3, -0.25) is 4.79 Å². The van der Waals surface area contributed by atoms with E-state index in [0.29, 0.717) is 0 Å². The second-order valence-electron chi connectivity index (χ2n) is 3.63. The molecule has 0 fully saturated rings. The lowest BCUT2D eigenvalue weighted by molar-refractivity contribution is -0.126. The van der Waals surface area contributed by atoms with Crippen LogP contribution in [0.2, 0.25) is 0 Å². The van der Waals surface area contributed by atoms with Crippen LogP contribution < -0.4 is 0 Å². The average Bonchev–Trinajstić information content (AvgIpc) is 2.18. The van der Waals surface area contributed by atoms with Gasteiger partial charge in [-0.2, -0.15) is 0 Å². The normalized spacial score (nSPS) is 12.4. The Morgan fingerprint density at radius 2 is 1.57 bits per heavy atom. The summed E-state index contributed by atoms with van der Waals surface area (Å²) in [5, 5.41) is 0. The molecule has 14 heavy (non-hydrogen) atoms. The lowest BCUT2D eigenvalue weighted by Gasteiger charge is -2.20. The molecule has 0 aromatic rings. The minimum absolute atomic E-state index is 0.195. The van der Waals surface area contributed by atoms with Crippen molar-refractivity contribution < 1.29 is 4.79 Å². The maximum atomic E-state index is 11.9. The van der Waals surface area contributed by atoms with Gasteiger partial charge in [-0.05, 0) is 34.1 Å². The van der Waals surface area contributed by atoms with Crippen molar-refractivity contribution in [2.24, 2.45) is 0 Å². The van der Waals surface area contributed by atoms with Gasteiger partial charge in [0.2, 0.25) is 5.91 Å². The van der Waals surface area contributed by atoms with Crippen molar-refractivity contribution in [2.75, 3.05) is 13.1 Å². The fraction of sp³-hybridized carbons (Fsp3) is 0.750. The maximum Gasteiger partial charge on any atom is 0.249 e. The summed E-state index contributed by atoms with van der Waals surface area (Å²) in [6, 6.07) is 0. The molecule has 0 heterocycles. The number of carbonyl (C=O) groups is 1. The van der Waals surface area contributed by atoms with E-state index < -0.39 is 0 Å². The Morgan fingerprint density at radius 1 is 1.07 bits per heavy atom. The molecule has 0 bridgehead atoms. The fourth-order valence-corrected chi connectivity index (χ4v) is 1.49. The van der Waals surface area contributed by atoms with Crippen LogP contribution in [-0.2, 0) is 4.79 Å². The van der Waals surface area contributed by atoms with E-state index in [1.807, 2.05) is 25.7 Å². The zero-order chi connectivity index (χ0) is 11.1. The molecule has 0 atom stereocenters. The van der Waals surface area contributed by atoms with Gasteiger partial charge in [0.1, 0.15) is 0 Å². The first kappa shape index (κ1) is 13.2. The molecule has 0 aromatic carbocycles. The monoisotopic (exact) mass is 197 g/mol. The van der Waals surface area contributed by atoms with Crippen molar-refractivity contribution in [1.82, 2.24) is 4.90 Å². The Kier molecular flexibility index (Phi) is 6.26. The molecule has 0 N–H and O–H groups in total. The number of likely N-dealkylation sites (N-methyl/N-ethyl adjacent to an activating group) is 1. The van der Waals surface area contributed by atoms with E-state index in [1.54, 1.807) is 0 Å². The molecule has 0 aliphatic heterocycles. The summed E-state index contributed by atoms with van der Waals surface area (Å²) in [5.41, 5.74) is 2.15. The van der Waals surface area contributed by atoms with Crippen LogP contribution in [0, 0.1) is 0 Å². The van der Waals surface area contributed by atoms with Crippen LogP contribution in [-0.4, -0.2) is 23.9 Å². The van der Waals surface area contributed by atoms with Crippen molar-refractivity contribution in [1.29, 1.82) is 0 Å². The van der Waals surface area contributed by atoms with Crippen molar-refractivity contribution >= 4 is 5.91 Å². The fourth-order valence-electron chi connectivity index (χ4n) is 1.49. The summed E-state index contributed by atoms with van der Waals surface area (Å²) in [7, 11) is 0. The van der Waals surface area contributed by atoms with Gasteiger partial charge in [0.05, 0.1) is 0 Å². The Bertz CT molecular complexity index is 214. The standard InChI is InChI=1S/C12H23NO/c1-6-9-10(4)11(5)12(14)13(7-2)8-3/h6-9H2,1-5H3/b11-10+. The quantitative estimate of drug-likeness (QED) is 0.620. The molecule has 0 aliphatic carbocycles. The van der Waals surface area contributed by atoms with Crippen molar-refractivity contribution in [3.05, 3.63) is 11.1 Å². The van der Waals surface area contributed by atoms with Gasteiger partial charge in [-0.25, -0.2) is 0 Å². The summed E-state index contributed by atoms with van der Waals surface area (Å²) < 4.78 is 0. The van der Waals surface area contributed by atoms with Gasteiger partial charge in [-0.15, -0.1) is 0 Å². The summed E-state index contributed by atoms with van der Waals surface area (Å²) in [6.07, 6.45) is 2.13. The third kappa shape index (κ3) is 3.52. The zero-order valence-corrected chi connectivity index (χ0v) is 10.2. The highest BCUT2D eigenvalue weighted by atomic mass is 16.2. The van der Waals surface area contributed by atoms with Crippen LogP contribution in [0.1, 0.15) is 47.5 Å². The molecule has 2 nitrogen and oxygen atoms in total. The van der Waals surface area contributed by atoms with Gasteiger partial charge >= 0.3 is 0 Å². The van der Waals surface area contributed by atoms with Crippen LogP contribution in [0.25, 0.3) is 0 Å². The van der Waals surface area contributed by atoms with E-state index in [-0.39, 0.29) is 5.91 Å². The van der Waals surface area contributed by atoms with Crippen LogP contribution in [0.3, 0.4) is 0 Å². The molecule has 82 valence electrons. The molecular formula is C12H23NO. The second kappa shape index (κ2) is 6.63. The number of rotatable bonds is 5. The smallest absolute Gasteiger partial charge is 0.249 e. The number of allylic oxidation sites excluding steroid dienone is 1. The number of amides is 1. The zero-order valence-electron chi connectivity index (χ0n) is 10.2. The molecular weight excluding hydrogens is 174 g/mol. The molecule has 0 saturated heterocycles. The summed E-state index contributed by atoms with van der Waals surface area (Å²) in [4.78, 5) is 13.8. The Labute approximate surface area is 88.0 Å². The van der Waals surface area contributed by atoms with Crippen molar-refractivity contribution in [2.45, 2.75) is 47.5 Å². The number of hydrogen-bond acceptors (Lipinski definition) is 1. The van der Waals surface area contributed by atoms with Crippen LogP contribution >= 0.6 is 0 Å². The highest BCUT2D eigenvalue weighted by Gasteiger charge is 2.12. The average molecular weight is 197 g/mol. The predicted octanol–water partition coefficient (Wildman–Crippen LogP) is 2.99. The van der Waals surface area contributed by atoms with Crippen LogP contribution in [0.4, 0.5) is 0 Å². The van der Waals surface area contributed by atoms with Gasteiger partial charge in [0, 0.05) is 18.7 Å². The maximum absolute atomic E-state index is 11.9. The largest absolute Gasteiger partial charge is 0.339 e. The van der Waals surface area contributed by atoms with E-state index in [4.69, 9.17) is 0 Å². The molecule has 1 amide bonds. The number of carbonyl (C=O) groups excluding carboxylic acids is 1. The minimum atomic E-state index is 0.195. The third-order valence-electron chi connectivity index (χ3n) is 2.64. The lowest BCUT2D eigenvalue weighted by atomic mass is 10.1. The second-order valence-corrected chi connectivity index (χ2v) is 3.63. The van der Waals surface area contributed by atoms with Crippen LogP contribution in [0.15, 0.2) is 11.1 Å². The SMILES string of the molecule is CCC/C(C)=C(\C)C(=O)N(CC)CC. The number of nitrogens with zero attached hydrogens (tertiary/aromatic N) is 1. The highest BCUT2D eigenvalue weighted by Crippen LogP contribution is 2.12. The van der Waals surface area contributed by atoms with Gasteiger partial charge < -0.3 is 4.90 Å². The Morgan fingerprint density at radius 3 is 1.93 bits per heavy atom. The first-order valence-corrected chi connectivity index (χ1v) is 5.54. The summed E-state index contributed by atoms with van der Waals surface area (Å²) in [6.45, 7) is 11.8. The van der Waals surface area contributed by atoms with E-state index in [9.17, 15) is 4.79 Å². The van der Waals surface area contributed by atoms with E-state index in [1.165, 1.54) is 5.57 Å². The van der Waals surface area contributed by atoms with Gasteiger partial charge in [0.25, 0.3) is 0 Å². The molecule has 0 rings (SSSR count). The lowest BCUT2D eigenvalue weighted by Crippen LogP contribution is -2.31.